The van der Waals surface area contributed by atoms with E-state index in [0.29, 0.717) is 10.7 Å². The number of nitrogens with zero attached hydrogens (tertiary/aromatic N) is 3. The van der Waals surface area contributed by atoms with Crippen LogP contribution in [-0.4, -0.2) is 16.6 Å². The highest BCUT2D eigenvalue weighted by atomic mass is 79.9. The first-order chi connectivity index (χ1) is 11.4. The molecule has 1 heterocycles. The Hall–Kier alpha value is -2.55. The lowest BCUT2D eigenvalue weighted by molar-refractivity contribution is -0.113. The zero-order chi connectivity index (χ0) is 17.7. The van der Waals surface area contributed by atoms with Crippen molar-refractivity contribution in [2.24, 2.45) is 0 Å². The van der Waals surface area contributed by atoms with E-state index in [1.54, 1.807) is 6.07 Å². The maximum Gasteiger partial charge on any atom is 0.234 e. The summed E-state index contributed by atoms with van der Waals surface area (Å²) in [5.74, 6) is -0.121. The predicted octanol–water partition coefficient (Wildman–Crippen LogP) is 3.21. The Labute approximate surface area is 151 Å². The molecule has 6 nitrogen and oxygen atoms in total. The number of nitriles is 2. The molecule has 120 valence electrons. The number of benzene rings is 1. The van der Waals surface area contributed by atoms with Crippen LogP contribution >= 0.6 is 27.7 Å². The molecule has 2 rings (SSSR count). The van der Waals surface area contributed by atoms with Gasteiger partial charge in [-0.3, -0.25) is 4.79 Å². The number of nitrogens with two attached hydrogens (primary N) is 1. The fourth-order valence-electron chi connectivity index (χ4n) is 1.79. The lowest BCUT2D eigenvalue weighted by Gasteiger charge is -2.08. The molecule has 0 radical (unpaired) electrons. The minimum absolute atomic E-state index is 0.0434. The lowest BCUT2D eigenvalue weighted by atomic mass is 10.2. The van der Waals surface area contributed by atoms with E-state index >= 15 is 0 Å². The minimum Gasteiger partial charge on any atom is -0.383 e. The molecular formula is C16H12BrN5OS. The summed E-state index contributed by atoms with van der Waals surface area (Å²) in [4.78, 5) is 16.1. The van der Waals surface area contributed by atoms with Gasteiger partial charge in [-0.15, -0.1) is 0 Å². The number of aromatic nitrogens is 1. The van der Waals surface area contributed by atoms with E-state index in [-0.39, 0.29) is 28.6 Å². The molecule has 0 fully saturated rings. The molecule has 1 amide bonds. The number of nitrogens with one attached hydrogen (secondary N) is 1. The smallest absolute Gasteiger partial charge is 0.234 e. The van der Waals surface area contributed by atoms with Crippen LogP contribution in [-0.2, 0) is 4.79 Å². The van der Waals surface area contributed by atoms with Gasteiger partial charge in [-0.2, -0.15) is 10.5 Å². The highest BCUT2D eigenvalue weighted by molar-refractivity contribution is 9.10. The van der Waals surface area contributed by atoms with Crippen molar-refractivity contribution in [3.63, 3.8) is 0 Å². The molecule has 24 heavy (non-hydrogen) atoms. The number of carbonyl (C=O) groups is 1. The molecule has 0 bridgehead atoms. The molecule has 0 aliphatic carbocycles. The average molecular weight is 402 g/mol. The quantitative estimate of drug-likeness (QED) is 0.759. The van der Waals surface area contributed by atoms with Gasteiger partial charge in [-0.25, -0.2) is 4.98 Å². The van der Waals surface area contributed by atoms with Gasteiger partial charge in [0, 0.05) is 10.2 Å². The highest BCUT2D eigenvalue weighted by Gasteiger charge is 2.12. The molecule has 8 heteroatoms. The maximum atomic E-state index is 12.0. The summed E-state index contributed by atoms with van der Waals surface area (Å²) in [5, 5.41) is 21.1. The molecule has 0 aliphatic rings. The molecule has 0 saturated heterocycles. The number of carbonyl (C=O) groups excluding carboxylic acids is 1. The number of amides is 1. The third kappa shape index (κ3) is 4.25. The molecule has 3 N–H and O–H groups in total. The van der Waals surface area contributed by atoms with Crippen molar-refractivity contribution in [1.82, 2.24) is 4.98 Å². The maximum absolute atomic E-state index is 12.0. The van der Waals surface area contributed by atoms with Crippen LogP contribution < -0.4 is 11.1 Å². The predicted molar refractivity (Wildman–Crippen MR) is 96.3 cm³/mol. The number of halogens is 1. The van der Waals surface area contributed by atoms with E-state index in [4.69, 9.17) is 16.3 Å². The summed E-state index contributed by atoms with van der Waals surface area (Å²) in [6, 6.07) is 10.7. The molecule has 2 aromatic rings. The summed E-state index contributed by atoms with van der Waals surface area (Å²) in [6.07, 6.45) is 0. The van der Waals surface area contributed by atoms with E-state index in [1.165, 1.54) is 6.07 Å². The van der Waals surface area contributed by atoms with Gasteiger partial charge in [0.25, 0.3) is 0 Å². The highest BCUT2D eigenvalue weighted by Crippen LogP contribution is 2.25. The fourth-order valence-corrected chi connectivity index (χ4v) is 2.93. The first kappa shape index (κ1) is 17.8. The van der Waals surface area contributed by atoms with Crippen molar-refractivity contribution in [3.05, 3.63) is 45.4 Å². The van der Waals surface area contributed by atoms with Crippen molar-refractivity contribution in [3.8, 4) is 12.1 Å². The minimum atomic E-state index is -0.232. The van der Waals surface area contributed by atoms with Crippen molar-refractivity contribution in [2.45, 2.75) is 11.9 Å². The second kappa shape index (κ2) is 7.82. The fraction of sp³-hybridized carbons (Fsp3) is 0.125. The van der Waals surface area contributed by atoms with Gasteiger partial charge >= 0.3 is 0 Å². The van der Waals surface area contributed by atoms with Crippen LogP contribution in [0, 0.1) is 29.6 Å². The molecule has 1 aromatic carbocycles. The summed E-state index contributed by atoms with van der Waals surface area (Å²) in [7, 11) is 0. The number of aryl methyl sites for hydroxylation is 1. The topological polar surface area (TPSA) is 116 Å². The Bertz CT molecular complexity index is 885. The number of hydrogen-bond acceptors (Lipinski definition) is 6. The van der Waals surface area contributed by atoms with Gasteiger partial charge in [0.15, 0.2) is 0 Å². The number of nitrogen functional groups attached to an aromatic ring is 1. The molecule has 0 unspecified atom stereocenters. The molecular weight excluding hydrogens is 390 g/mol. The van der Waals surface area contributed by atoms with Gasteiger partial charge in [-0.05, 0) is 30.7 Å². The normalized spacial score (nSPS) is 9.83. The van der Waals surface area contributed by atoms with E-state index in [1.807, 2.05) is 31.2 Å². The van der Waals surface area contributed by atoms with Gasteiger partial charge in [-0.1, -0.05) is 33.8 Å². The third-order valence-electron chi connectivity index (χ3n) is 3.05. The number of pyridine rings is 1. The Balaban J connectivity index is 2.06. The Morgan fingerprint density at radius 1 is 1.33 bits per heavy atom. The van der Waals surface area contributed by atoms with Crippen LogP contribution in [0.5, 0.6) is 0 Å². The Morgan fingerprint density at radius 3 is 2.67 bits per heavy atom. The largest absolute Gasteiger partial charge is 0.383 e. The first-order valence-corrected chi connectivity index (χ1v) is 8.52. The molecule has 1 aromatic heterocycles. The standard InChI is InChI=1S/C16H12BrN5OS/c1-9-2-3-12(5-13(9)17)21-14(23)8-24-16-11(7-19)4-10(6-18)15(20)22-16/h2-5H,8H2,1H3,(H2,20,22)(H,21,23). The number of thioether (sulfide) groups is 1. The van der Waals surface area contributed by atoms with Crippen molar-refractivity contribution in [2.75, 3.05) is 16.8 Å². The number of hydrogen-bond donors (Lipinski definition) is 2. The van der Waals surface area contributed by atoms with Crippen LogP contribution in [0.3, 0.4) is 0 Å². The molecule has 0 spiro atoms. The Morgan fingerprint density at radius 2 is 2.04 bits per heavy atom. The van der Waals surface area contributed by atoms with Crippen molar-refractivity contribution < 1.29 is 4.79 Å². The summed E-state index contributed by atoms with van der Waals surface area (Å²) in [6.45, 7) is 1.95. The second-order valence-corrected chi connectivity index (χ2v) is 6.62. The van der Waals surface area contributed by atoms with Crippen LogP contribution in [0.4, 0.5) is 11.5 Å². The van der Waals surface area contributed by atoms with Crippen molar-refractivity contribution >= 4 is 45.1 Å². The first-order valence-electron chi connectivity index (χ1n) is 6.74. The zero-order valence-electron chi connectivity index (χ0n) is 12.6. The van der Waals surface area contributed by atoms with Gasteiger partial charge in [0.2, 0.25) is 5.91 Å². The number of anilines is 2. The van der Waals surface area contributed by atoms with Gasteiger partial charge < -0.3 is 11.1 Å². The number of rotatable bonds is 4. The van der Waals surface area contributed by atoms with E-state index in [2.05, 4.69) is 26.2 Å². The third-order valence-corrected chi connectivity index (χ3v) is 4.90. The summed E-state index contributed by atoms with van der Waals surface area (Å²) >= 11 is 4.50. The van der Waals surface area contributed by atoms with E-state index in [9.17, 15) is 4.79 Å². The molecule has 0 saturated carbocycles. The average Bonchev–Trinajstić information content (AvgIpc) is 2.56. The second-order valence-electron chi connectivity index (χ2n) is 4.80. The van der Waals surface area contributed by atoms with Crippen molar-refractivity contribution in [1.29, 1.82) is 10.5 Å². The lowest BCUT2D eigenvalue weighted by Crippen LogP contribution is -2.14. The van der Waals surface area contributed by atoms with Gasteiger partial charge in [0.05, 0.1) is 16.9 Å². The Kier molecular flexibility index (Phi) is 5.80. The SMILES string of the molecule is Cc1ccc(NC(=O)CSc2nc(N)c(C#N)cc2C#N)cc1Br. The molecule has 0 aliphatic heterocycles. The van der Waals surface area contributed by atoms with Crippen LogP contribution in [0.1, 0.15) is 16.7 Å². The van der Waals surface area contributed by atoms with Gasteiger partial charge in [0.1, 0.15) is 23.0 Å². The van der Waals surface area contributed by atoms with Crippen LogP contribution in [0.25, 0.3) is 0 Å². The van der Waals surface area contributed by atoms with E-state index in [0.717, 1.165) is 21.8 Å². The van der Waals surface area contributed by atoms with E-state index < -0.39 is 0 Å². The summed E-state index contributed by atoms with van der Waals surface area (Å²) < 4.78 is 0.904. The van der Waals surface area contributed by atoms with Crippen LogP contribution in [0.2, 0.25) is 0 Å². The molecule has 0 atom stereocenters. The zero-order valence-corrected chi connectivity index (χ0v) is 15.0. The summed E-state index contributed by atoms with van der Waals surface area (Å²) in [5.41, 5.74) is 7.76. The van der Waals surface area contributed by atoms with Crippen LogP contribution in [0.15, 0.2) is 33.8 Å². The monoisotopic (exact) mass is 401 g/mol.